The first-order valence-corrected chi connectivity index (χ1v) is 11.9. The van der Waals surface area contributed by atoms with Gasteiger partial charge in [-0.2, -0.15) is 5.10 Å². The highest BCUT2D eigenvalue weighted by Crippen LogP contribution is 2.38. The van der Waals surface area contributed by atoms with Gasteiger partial charge in [0.2, 0.25) is 0 Å². The molecule has 0 fully saturated rings. The van der Waals surface area contributed by atoms with Crippen molar-refractivity contribution in [1.82, 2.24) is 14.7 Å². The highest BCUT2D eigenvalue weighted by Gasteiger charge is 2.36. The van der Waals surface area contributed by atoms with Gasteiger partial charge in [0.25, 0.3) is 5.91 Å². The van der Waals surface area contributed by atoms with Gasteiger partial charge >= 0.3 is 0 Å². The smallest absolute Gasteiger partial charge is 0.256 e. The number of benzene rings is 2. The molecule has 0 spiro atoms. The second kappa shape index (κ2) is 8.65. The minimum absolute atomic E-state index is 0.0257. The van der Waals surface area contributed by atoms with Crippen LogP contribution in [0.3, 0.4) is 0 Å². The number of aromatic nitrogens is 2. The molecule has 10 heteroatoms. The number of nitrogens with zero attached hydrogens (tertiary/aromatic N) is 4. The monoisotopic (exact) mass is 516 g/mol. The maximum atomic E-state index is 14.6. The molecule has 1 aromatic heterocycles. The van der Waals surface area contributed by atoms with Crippen molar-refractivity contribution in [3.8, 4) is 11.3 Å². The molecule has 188 valence electrons. The van der Waals surface area contributed by atoms with Crippen molar-refractivity contribution in [3.63, 3.8) is 0 Å². The van der Waals surface area contributed by atoms with E-state index in [4.69, 9.17) is 16.4 Å². The zero-order valence-corrected chi connectivity index (χ0v) is 21.0. The second-order valence-electron chi connectivity index (χ2n) is 9.80. The molecule has 1 unspecified atom stereocenters. The van der Waals surface area contributed by atoms with E-state index in [1.165, 1.54) is 18.2 Å². The van der Waals surface area contributed by atoms with Crippen LogP contribution in [0.2, 0.25) is 5.02 Å². The molecule has 2 aliphatic heterocycles. The summed E-state index contributed by atoms with van der Waals surface area (Å²) in [7, 11) is 1.69. The van der Waals surface area contributed by atoms with Crippen molar-refractivity contribution in [3.05, 3.63) is 75.2 Å². The fourth-order valence-corrected chi connectivity index (χ4v) is 5.27. The third-order valence-electron chi connectivity index (χ3n) is 6.61. The second-order valence-corrected chi connectivity index (χ2v) is 10.2. The summed E-state index contributed by atoms with van der Waals surface area (Å²) in [5, 5.41) is 8.72. The third kappa shape index (κ3) is 4.15. The van der Waals surface area contributed by atoms with Gasteiger partial charge in [-0.1, -0.05) is 16.8 Å². The summed E-state index contributed by atoms with van der Waals surface area (Å²) in [6.07, 6.45) is 0.825. The minimum Gasteiger partial charge on any atom is -0.389 e. The lowest BCUT2D eigenvalue weighted by Gasteiger charge is -2.33. The average molecular weight is 517 g/mol. The summed E-state index contributed by atoms with van der Waals surface area (Å²) >= 11 is 6.61. The molecule has 1 atom stereocenters. The summed E-state index contributed by atoms with van der Waals surface area (Å²) in [5.41, 5.74) is 2.66. The Hall–Kier alpha value is -3.33. The average Bonchev–Trinajstić information content (AvgIpc) is 3.33. The Bertz CT molecular complexity index is 1410. The molecule has 3 heterocycles. The van der Waals surface area contributed by atoms with E-state index in [0.717, 1.165) is 17.7 Å². The molecule has 1 amide bonds. The van der Waals surface area contributed by atoms with Crippen LogP contribution in [-0.4, -0.2) is 38.4 Å². The Morgan fingerprint density at radius 3 is 2.42 bits per heavy atom. The predicted molar refractivity (Wildman–Crippen MR) is 129 cm³/mol. The fraction of sp³-hybridized carbons (Fsp3) is 0.346. The lowest BCUT2D eigenvalue weighted by atomic mass is 9.94. The van der Waals surface area contributed by atoms with Crippen LogP contribution in [0.4, 0.5) is 13.2 Å². The molecule has 6 nitrogen and oxygen atoms in total. The molecule has 3 aromatic rings. The first-order valence-electron chi connectivity index (χ1n) is 11.5. The highest BCUT2D eigenvalue weighted by molar-refractivity contribution is 6.37. The van der Waals surface area contributed by atoms with Crippen LogP contribution < -0.4 is 0 Å². The molecular formula is C26H24ClF3N4O2. The number of aryl methyl sites for hydroxylation is 1. The summed E-state index contributed by atoms with van der Waals surface area (Å²) in [6, 6.07) is 5.23. The Kier molecular flexibility index (Phi) is 5.86. The topological polar surface area (TPSA) is 59.7 Å². The van der Waals surface area contributed by atoms with Crippen LogP contribution in [0.1, 0.15) is 60.4 Å². The predicted octanol–water partition coefficient (Wildman–Crippen LogP) is 5.82. The maximum absolute atomic E-state index is 14.6. The van der Waals surface area contributed by atoms with Crippen molar-refractivity contribution >= 4 is 23.2 Å². The van der Waals surface area contributed by atoms with Gasteiger partial charge in [-0.15, -0.1) is 0 Å². The van der Waals surface area contributed by atoms with E-state index in [2.05, 4.69) is 10.3 Å². The van der Waals surface area contributed by atoms with Crippen LogP contribution >= 0.6 is 11.6 Å². The van der Waals surface area contributed by atoms with E-state index in [-0.39, 0.29) is 10.6 Å². The normalized spacial score (nSPS) is 18.6. The van der Waals surface area contributed by atoms with E-state index in [1.807, 2.05) is 20.8 Å². The standard InChI is InChI=1S/C26H24ClF3N4O2/c1-13-23-18(24(33(4)31-23)14-7-15(28)9-16(29)8-14)5-6-34(13)25(35)20-11-17(30)10-19(22(20)27)21-12-26(2,3)36-32-21/h7-11,13H,5-6,12H2,1-4H3. The Labute approximate surface area is 211 Å². The molecular weight excluding hydrogens is 493 g/mol. The Morgan fingerprint density at radius 2 is 1.78 bits per heavy atom. The number of halogens is 4. The lowest BCUT2D eigenvalue weighted by molar-refractivity contribution is 0.0123. The number of fused-ring (bicyclic) bond motifs is 1. The van der Waals surface area contributed by atoms with E-state index < -0.39 is 35.0 Å². The van der Waals surface area contributed by atoms with Gasteiger partial charge < -0.3 is 9.74 Å². The van der Waals surface area contributed by atoms with Crippen molar-refractivity contribution in [1.29, 1.82) is 0 Å². The number of rotatable bonds is 3. The highest BCUT2D eigenvalue weighted by atomic mass is 35.5. The maximum Gasteiger partial charge on any atom is 0.256 e. The zero-order valence-electron chi connectivity index (χ0n) is 20.2. The zero-order chi connectivity index (χ0) is 25.9. The van der Waals surface area contributed by atoms with Crippen molar-refractivity contribution in [2.24, 2.45) is 12.2 Å². The number of carbonyl (C=O) groups is 1. The van der Waals surface area contributed by atoms with Gasteiger partial charge in [-0.25, -0.2) is 13.2 Å². The summed E-state index contributed by atoms with van der Waals surface area (Å²) in [5.74, 6) is -2.42. The molecule has 0 aliphatic carbocycles. The minimum atomic E-state index is -0.683. The number of carbonyl (C=O) groups excluding carboxylic acids is 1. The van der Waals surface area contributed by atoms with Crippen LogP contribution in [0.25, 0.3) is 11.3 Å². The molecule has 0 saturated heterocycles. The fourth-order valence-electron chi connectivity index (χ4n) is 4.97. The van der Waals surface area contributed by atoms with Crippen molar-refractivity contribution in [2.75, 3.05) is 6.54 Å². The summed E-state index contributed by atoms with van der Waals surface area (Å²) in [4.78, 5) is 20.6. The quantitative estimate of drug-likeness (QED) is 0.441. The SMILES string of the molecule is CC1c2nn(C)c(-c3cc(F)cc(F)c3)c2CCN1C(=O)c1cc(F)cc(C2=NOC(C)(C)C2)c1Cl. The van der Waals surface area contributed by atoms with Gasteiger partial charge in [0, 0.05) is 42.8 Å². The van der Waals surface area contributed by atoms with E-state index in [9.17, 15) is 18.0 Å². The molecule has 0 radical (unpaired) electrons. The molecule has 0 N–H and O–H groups in total. The van der Waals surface area contributed by atoms with Gasteiger partial charge in [-0.3, -0.25) is 9.48 Å². The summed E-state index contributed by atoms with van der Waals surface area (Å²) < 4.78 is 44.0. The van der Waals surface area contributed by atoms with Crippen LogP contribution in [-0.2, 0) is 18.3 Å². The number of amides is 1. The van der Waals surface area contributed by atoms with Gasteiger partial charge in [0.15, 0.2) is 0 Å². The number of hydrogen-bond acceptors (Lipinski definition) is 4. The summed E-state index contributed by atoms with van der Waals surface area (Å²) in [6.45, 7) is 5.82. The van der Waals surface area contributed by atoms with Crippen LogP contribution in [0.15, 0.2) is 35.5 Å². The molecule has 2 aromatic carbocycles. The van der Waals surface area contributed by atoms with Gasteiger partial charge in [0.1, 0.15) is 23.1 Å². The Balaban J connectivity index is 1.49. The van der Waals surface area contributed by atoms with E-state index >= 15 is 0 Å². The molecule has 36 heavy (non-hydrogen) atoms. The number of hydrogen-bond donors (Lipinski definition) is 0. The molecule has 2 aliphatic rings. The van der Waals surface area contributed by atoms with E-state index in [0.29, 0.717) is 47.6 Å². The molecule has 0 saturated carbocycles. The van der Waals surface area contributed by atoms with Gasteiger partial charge in [-0.05, 0) is 51.5 Å². The van der Waals surface area contributed by atoms with Crippen molar-refractivity contribution < 1.29 is 22.8 Å². The molecule has 5 rings (SSSR count). The molecule has 0 bridgehead atoms. The van der Waals surface area contributed by atoms with Crippen LogP contribution in [0.5, 0.6) is 0 Å². The first kappa shape index (κ1) is 24.4. The largest absolute Gasteiger partial charge is 0.389 e. The number of oxime groups is 1. The van der Waals surface area contributed by atoms with Gasteiger partial charge in [0.05, 0.1) is 33.7 Å². The Morgan fingerprint density at radius 1 is 1.11 bits per heavy atom. The lowest BCUT2D eigenvalue weighted by Crippen LogP contribution is -2.39. The first-order chi connectivity index (χ1) is 16.9. The van der Waals surface area contributed by atoms with E-state index in [1.54, 1.807) is 16.6 Å². The van der Waals surface area contributed by atoms with Crippen molar-refractivity contribution in [2.45, 2.75) is 45.3 Å². The third-order valence-corrected chi connectivity index (χ3v) is 7.02. The van der Waals surface area contributed by atoms with Crippen LogP contribution in [0, 0.1) is 17.5 Å².